The predicted molar refractivity (Wildman–Crippen MR) is 97.4 cm³/mol. The summed E-state index contributed by atoms with van der Waals surface area (Å²) in [5.74, 6) is 0.723. The van der Waals surface area contributed by atoms with Crippen LogP contribution >= 0.6 is 0 Å². The van der Waals surface area contributed by atoms with E-state index in [1.54, 1.807) is 17.0 Å². The fourth-order valence-electron chi connectivity index (χ4n) is 3.56. The second kappa shape index (κ2) is 7.37. The molecule has 0 aliphatic carbocycles. The maximum atomic E-state index is 14.3. The van der Waals surface area contributed by atoms with E-state index < -0.39 is 11.2 Å². The Bertz CT molecular complexity index is 949. The Labute approximate surface area is 160 Å². The van der Waals surface area contributed by atoms with Gasteiger partial charge in [-0.3, -0.25) is 9.89 Å². The summed E-state index contributed by atoms with van der Waals surface area (Å²) in [5, 5.41) is 13.8. The number of hydrogen-bond donors (Lipinski definition) is 2. The lowest BCUT2D eigenvalue weighted by Gasteiger charge is -2.38. The molecule has 3 aromatic heterocycles. The maximum Gasteiger partial charge on any atom is 0.213 e. The Hall–Kier alpha value is -3.30. The van der Waals surface area contributed by atoms with Crippen LogP contribution in [0.2, 0.25) is 0 Å². The minimum Gasteiger partial charge on any atom is -0.345 e. The summed E-state index contributed by atoms with van der Waals surface area (Å²) in [6.45, 7) is 3.05. The first-order valence-corrected chi connectivity index (χ1v) is 8.99. The van der Waals surface area contributed by atoms with Gasteiger partial charge in [-0.05, 0) is 31.9 Å². The van der Waals surface area contributed by atoms with Gasteiger partial charge >= 0.3 is 0 Å². The van der Waals surface area contributed by atoms with Crippen molar-refractivity contribution in [1.29, 1.82) is 0 Å². The number of amides is 1. The Balaban J connectivity index is 1.60. The van der Waals surface area contributed by atoms with Crippen LogP contribution in [0.15, 0.2) is 29.1 Å². The molecule has 1 fully saturated rings. The zero-order valence-electron chi connectivity index (χ0n) is 15.4. The summed E-state index contributed by atoms with van der Waals surface area (Å²) in [7, 11) is 0. The number of carbonyl (C=O) groups excluding carboxylic acids is 1. The lowest BCUT2D eigenvalue weighted by molar-refractivity contribution is -0.119. The molecule has 1 aliphatic rings. The molecular formula is C18H20FN7O2. The lowest BCUT2D eigenvalue weighted by atomic mass is 9.74. The number of nitrogens with one attached hydrogen (secondary N) is 2. The zero-order chi connectivity index (χ0) is 19.6. The summed E-state index contributed by atoms with van der Waals surface area (Å²) in [6.07, 6.45) is 4.00. The van der Waals surface area contributed by atoms with Crippen LogP contribution in [0.1, 0.15) is 30.1 Å². The predicted octanol–water partition coefficient (Wildman–Crippen LogP) is 2.11. The van der Waals surface area contributed by atoms with Crippen molar-refractivity contribution in [2.75, 3.05) is 18.4 Å². The average Bonchev–Trinajstić information content (AvgIpc) is 3.37. The molecule has 28 heavy (non-hydrogen) atoms. The molecule has 3 aromatic rings. The minimum absolute atomic E-state index is 0.109. The highest BCUT2D eigenvalue weighted by Gasteiger charge is 2.40. The highest BCUT2D eigenvalue weighted by molar-refractivity contribution is 5.52. The van der Waals surface area contributed by atoms with Crippen molar-refractivity contribution < 1.29 is 13.7 Å². The van der Waals surface area contributed by atoms with E-state index in [4.69, 9.17) is 4.52 Å². The monoisotopic (exact) mass is 385 g/mol. The largest absolute Gasteiger partial charge is 0.345 e. The maximum absolute atomic E-state index is 14.3. The first-order valence-electron chi connectivity index (χ1n) is 8.99. The van der Waals surface area contributed by atoms with Gasteiger partial charge in [0.1, 0.15) is 0 Å². The highest BCUT2D eigenvalue weighted by Crippen LogP contribution is 2.36. The van der Waals surface area contributed by atoms with E-state index >= 15 is 0 Å². The summed E-state index contributed by atoms with van der Waals surface area (Å²) in [4.78, 5) is 21.5. The van der Waals surface area contributed by atoms with Crippen molar-refractivity contribution in [1.82, 2.24) is 30.2 Å². The Morgan fingerprint density at radius 3 is 2.86 bits per heavy atom. The molecule has 146 valence electrons. The molecule has 10 heteroatoms. The van der Waals surface area contributed by atoms with Gasteiger partial charge < -0.3 is 14.7 Å². The van der Waals surface area contributed by atoms with E-state index in [2.05, 4.69) is 30.6 Å². The third-order valence-electron chi connectivity index (χ3n) is 5.12. The fraction of sp³-hybridized carbons (Fsp3) is 0.389. The number of likely N-dealkylation sites (tertiary alicyclic amines) is 1. The molecule has 0 atom stereocenters. The molecule has 2 N–H and O–H groups in total. The smallest absolute Gasteiger partial charge is 0.213 e. The minimum atomic E-state index is -0.464. The molecule has 1 amide bonds. The number of H-pyrrole nitrogens is 1. The second-order valence-electron chi connectivity index (χ2n) is 7.05. The van der Waals surface area contributed by atoms with Crippen molar-refractivity contribution in [2.45, 2.75) is 31.6 Å². The number of rotatable bonds is 6. The van der Waals surface area contributed by atoms with Crippen molar-refractivity contribution in [3.8, 4) is 0 Å². The molecule has 4 rings (SSSR count). The second-order valence-corrected chi connectivity index (χ2v) is 7.05. The third-order valence-corrected chi connectivity index (χ3v) is 5.12. The topological polar surface area (TPSA) is 113 Å². The summed E-state index contributed by atoms with van der Waals surface area (Å²) < 4.78 is 19.2. The van der Waals surface area contributed by atoms with Crippen LogP contribution in [-0.2, 0) is 16.6 Å². The van der Waals surface area contributed by atoms with Gasteiger partial charge in [0, 0.05) is 42.4 Å². The van der Waals surface area contributed by atoms with Crippen molar-refractivity contribution in [3.63, 3.8) is 0 Å². The van der Waals surface area contributed by atoms with Gasteiger partial charge in [-0.15, -0.1) is 0 Å². The standard InChI is InChI=1S/C18H20FN7O2/c1-12-8-15(24-23-12)22-16-14(19)3-2-13(21-16)9-18(17-20-10-28-25-17)4-6-26(11-27)7-5-18/h2-3,8,10-11H,4-7,9H2,1H3,(H2,21,22,23,24). The number of pyridine rings is 1. The van der Waals surface area contributed by atoms with Gasteiger partial charge in [0.05, 0.1) is 0 Å². The van der Waals surface area contributed by atoms with Crippen LogP contribution in [0.4, 0.5) is 16.0 Å². The molecule has 0 aromatic carbocycles. The van der Waals surface area contributed by atoms with Gasteiger partial charge in [0.25, 0.3) is 0 Å². The van der Waals surface area contributed by atoms with Gasteiger partial charge in [-0.2, -0.15) is 10.1 Å². The number of nitrogens with zero attached hydrogens (tertiary/aromatic N) is 5. The number of aryl methyl sites for hydroxylation is 1. The SMILES string of the molecule is Cc1cc(Nc2nc(CC3(c4ncon4)CCN(C=O)CC3)ccc2F)n[nH]1. The zero-order valence-corrected chi connectivity index (χ0v) is 15.4. The van der Waals surface area contributed by atoms with Crippen molar-refractivity contribution in [2.24, 2.45) is 0 Å². The molecule has 9 nitrogen and oxygen atoms in total. The van der Waals surface area contributed by atoms with E-state index in [-0.39, 0.29) is 5.82 Å². The lowest BCUT2D eigenvalue weighted by Crippen LogP contribution is -2.44. The molecule has 1 aliphatic heterocycles. The first-order chi connectivity index (χ1) is 13.6. The number of hydrogen-bond acceptors (Lipinski definition) is 7. The van der Waals surface area contributed by atoms with Gasteiger partial charge in [-0.25, -0.2) is 9.37 Å². The molecule has 0 spiro atoms. The van der Waals surface area contributed by atoms with Crippen LogP contribution in [0.3, 0.4) is 0 Å². The van der Waals surface area contributed by atoms with Gasteiger partial charge in [0.15, 0.2) is 23.3 Å². The third kappa shape index (κ3) is 3.57. The molecule has 0 unspecified atom stereocenters. The summed E-state index contributed by atoms with van der Waals surface area (Å²) >= 11 is 0. The van der Waals surface area contributed by atoms with Crippen LogP contribution in [0.5, 0.6) is 0 Å². The van der Waals surface area contributed by atoms with E-state index in [0.29, 0.717) is 49.7 Å². The quantitative estimate of drug-likeness (QED) is 0.625. The average molecular weight is 385 g/mol. The van der Waals surface area contributed by atoms with Crippen molar-refractivity contribution >= 4 is 18.0 Å². The Kier molecular flexibility index (Phi) is 4.76. The number of aromatic nitrogens is 5. The molecular weight excluding hydrogens is 365 g/mol. The van der Waals surface area contributed by atoms with E-state index in [1.807, 2.05) is 6.92 Å². The van der Waals surface area contributed by atoms with E-state index in [0.717, 1.165) is 12.1 Å². The number of anilines is 2. The summed E-state index contributed by atoms with van der Waals surface area (Å²) in [5.41, 5.74) is 1.13. The number of halogens is 1. The van der Waals surface area contributed by atoms with Crippen LogP contribution in [0.25, 0.3) is 0 Å². The van der Waals surface area contributed by atoms with Crippen LogP contribution in [-0.4, -0.2) is 49.7 Å². The van der Waals surface area contributed by atoms with Gasteiger partial charge in [-0.1, -0.05) is 5.16 Å². The highest BCUT2D eigenvalue weighted by atomic mass is 19.1. The van der Waals surface area contributed by atoms with E-state index in [9.17, 15) is 9.18 Å². The molecule has 4 heterocycles. The van der Waals surface area contributed by atoms with Gasteiger partial charge in [0.2, 0.25) is 12.8 Å². The molecule has 0 saturated carbocycles. The van der Waals surface area contributed by atoms with Crippen LogP contribution in [0, 0.1) is 12.7 Å². The Morgan fingerprint density at radius 2 is 2.21 bits per heavy atom. The molecule has 0 radical (unpaired) electrons. The molecule has 1 saturated heterocycles. The van der Waals surface area contributed by atoms with Crippen LogP contribution < -0.4 is 5.32 Å². The number of carbonyl (C=O) groups is 1. The number of aromatic amines is 1. The van der Waals surface area contributed by atoms with Crippen molar-refractivity contribution in [3.05, 3.63) is 47.6 Å². The fourth-order valence-corrected chi connectivity index (χ4v) is 3.56. The number of piperidine rings is 1. The molecule has 0 bridgehead atoms. The Morgan fingerprint density at radius 1 is 1.39 bits per heavy atom. The normalized spacial score (nSPS) is 16.1. The van der Waals surface area contributed by atoms with E-state index in [1.165, 1.54) is 12.5 Å². The first kappa shape index (κ1) is 18.1. The summed E-state index contributed by atoms with van der Waals surface area (Å²) in [6, 6.07) is 4.81.